The lowest BCUT2D eigenvalue weighted by molar-refractivity contribution is 0.543. The lowest BCUT2D eigenvalue weighted by Crippen LogP contribution is -2.36. The van der Waals surface area contributed by atoms with Gasteiger partial charge in [0, 0.05) is 6.42 Å². The minimum absolute atomic E-state index is 0.00340. The van der Waals surface area contributed by atoms with Crippen molar-refractivity contribution in [3.8, 4) is 24.3 Å². The topological polar surface area (TPSA) is 223 Å². The lowest BCUT2D eigenvalue weighted by Gasteiger charge is -2.19. The van der Waals surface area contributed by atoms with Crippen LogP contribution in [-0.2, 0) is 0 Å². The van der Waals surface area contributed by atoms with E-state index in [0.29, 0.717) is 5.70 Å². The molecule has 4 aromatic heterocycles. The molecule has 0 saturated heterocycles. The molecular weight excluding hydrogens is 503 g/mol. The van der Waals surface area contributed by atoms with Gasteiger partial charge < -0.3 is 0 Å². The van der Waals surface area contributed by atoms with Crippen LogP contribution in [0, 0.1) is 45.3 Å². The molecule has 15 heteroatoms. The standard InChI is InChI=1S/C24H5FN14/c25-8-1-2-9-10(3-8)31-16-15(30-9)17-19(38-23-21(36-17)32-11(4-26)13(6-28)34-23)20-18(16)37-22-24(39-20)35-14(7-29)12(5-27)33-22/h1-2,10H,3H2. The Hall–Kier alpha value is -6.45. The van der Waals surface area contributed by atoms with Gasteiger partial charge in [-0.3, -0.25) is 4.99 Å². The van der Waals surface area contributed by atoms with Crippen molar-refractivity contribution in [3.05, 3.63) is 57.2 Å². The third-order valence-corrected chi connectivity index (χ3v) is 6.05. The maximum atomic E-state index is 14.1. The van der Waals surface area contributed by atoms with E-state index in [1.54, 1.807) is 0 Å². The Morgan fingerprint density at radius 1 is 0.590 bits per heavy atom. The van der Waals surface area contributed by atoms with Gasteiger partial charge in [-0.25, -0.2) is 49.3 Å². The molecule has 1 aliphatic carbocycles. The quantitative estimate of drug-likeness (QED) is 0.208. The van der Waals surface area contributed by atoms with Gasteiger partial charge in [-0.05, 0) is 12.2 Å². The summed E-state index contributed by atoms with van der Waals surface area (Å²) >= 11 is 0. The van der Waals surface area contributed by atoms with E-state index in [0.717, 1.165) is 0 Å². The molecule has 178 valence electrons. The first-order chi connectivity index (χ1) is 19.0. The summed E-state index contributed by atoms with van der Waals surface area (Å²) in [4.78, 5) is 44.1. The average molecular weight is 508 g/mol. The minimum atomic E-state index is -0.626. The van der Waals surface area contributed by atoms with Gasteiger partial charge in [-0.1, -0.05) is 0 Å². The Kier molecular flexibility index (Phi) is 4.35. The summed E-state index contributed by atoms with van der Waals surface area (Å²) in [5, 5.41) is 38.0. The van der Waals surface area contributed by atoms with Gasteiger partial charge in [0.25, 0.3) is 0 Å². The SMILES string of the molecule is N#Cc1nc2nc3c4c(c5nc6nc(C#N)c(C#N)nc6nc5c3nc2nc1C#N)=NC1CC(F)=CC=C1N=4. The van der Waals surface area contributed by atoms with Crippen LogP contribution >= 0.6 is 0 Å². The number of allylic oxidation sites excluding steroid dienone is 2. The van der Waals surface area contributed by atoms with Crippen LogP contribution in [0.15, 0.2) is 33.7 Å². The Morgan fingerprint density at radius 3 is 1.49 bits per heavy atom. The van der Waals surface area contributed by atoms with Crippen molar-refractivity contribution in [1.82, 2.24) is 39.9 Å². The summed E-state index contributed by atoms with van der Waals surface area (Å²) in [7, 11) is 0. The van der Waals surface area contributed by atoms with E-state index in [1.807, 2.05) is 24.3 Å². The second-order valence-electron chi connectivity index (χ2n) is 8.29. The van der Waals surface area contributed by atoms with Crippen molar-refractivity contribution in [2.24, 2.45) is 9.98 Å². The van der Waals surface area contributed by atoms with Crippen molar-refractivity contribution < 1.29 is 4.39 Å². The van der Waals surface area contributed by atoms with Crippen molar-refractivity contribution in [3.63, 3.8) is 0 Å². The Morgan fingerprint density at radius 2 is 1.03 bits per heavy atom. The first-order valence-electron chi connectivity index (χ1n) is 11.1. The molecule has 14 nitrogen and oxygen atoms in total. The normalized spacial score (nSPS) is 15.6. The molecule has 0 saturated carbocycles. The summed E-state index contributed by atoms with van der Waals surface area (Å²) in [6.45, 7) is 0. The highest BCUT2D eigenvalue weighted by atomic mass is 19.1. The average Bonchev–Trinajstić information content (AvgIpc) is 2.97. The van der Waals surface area contributed by atoms with Crippen LogP contribution in [0.3, 0.4) is 0 Å². The van der Waals surface area contributed by atoms with Crippen LogP contribution in [0.5, 0.6) is 0 Å². The number of rotatable bonds is 0. The molecule has 1 unspecified atom stereocenters. The largest absolute Gasteiger partial charge is 0.270 e. The van der Waals surface area contributed by atoms with Gasteiger partial charge >= 0.3 is 0 Å². The Balaban J connectivity index is 1.71. The third-order valence-electron chi connectivity index (χ3n) is 6.05. The van der Waals surface area contributed by atoms with Gasteiger partial charge in [0.1, 0.15) is 62.9 Å². The van der Waals surface area contributed by atoms with Crippen LogP contribution in [-0.4, -0.2) is 45.9 Å². The van der Waals surface area contributed by atoms with Crippen LogP contribution in [0.2, 0.25) is 0 Å². The fraction of sp³-hybridized carbons (Fsp3) is 0.0833. The van der Waals surface area contributed by atoms with Crippen molar-refractivity contribution in [2.45, 2.75) is 12.5 Å². The molecule has 0 amide bonds. The van der Waals surface area contributed by atoms with E-state index in [-0.39, 0.29) is 90.4 Å². The van der Waals surface area contributed by atoms with E-state index in [2.05, 4.69) is 39.9 Å². The monoisotopic (exact) mass is 508 g/mol. The van der Waals surface area contributed by atoms with Crippen LogP contribution in [0.25, 0.3) is 44.7 Å². The maximum Gasteiger partial charge on any atom is 0.199 e. The Bertz CT molecular complexity index is 2380. The summed E-state index contributed by atoms with van der Waals surface area (Å²) in [5.74, 6) is -0.361. The molecule has 0 N–H and O–H groups in total. The third kappa shape index (κ3) is 3.08. The second-order valence-corrected chi connectivity index (χ2v) is 8.29. The lowest BCUT2D eigenvalue weighted by atomic mass is 10.0. The number of fused-ring (bicyclic) bond motifs is 9. The van der Waals surface area contributed by atoms with Gasteiger partial charge in [-0.2, -0.15) is 21.0 Å². The number of benzene rings is 1. The van der Waals surface area contributed by atoms with Crippen molar-refractivity contribution in [1.29, 1.82) is 21.0 Å². The van der Waals surface area contributed by atoms with Crippen LogP contribution in [0.1, 0.15) is 29.2 Å². The van der Waals surface area contributed by atoms with E-state index < -0.39 is 6.04 Å². The molecular formula is C24H5FN14. The smallest absolute Gasteiger partial charge is 0.199 e. The van der Waals surface area contributed by atoms with E-state index in [9.17, 15) is 25.4 Å². The van der Waals surface area contributed by atoms with Gasteiger partial charge in [0.05, 0.1) is 11.7 Å². The summed E-state index contributed by atoms with van der Waals surface area (Å²) < 4.78 is 14.1. The zero-order chi connectivity index (χ0) is 26.8. The minimum Gasteiger partial charge on any atom is -0.270 e. The van der Waals surface area contributed by atoms with Gasteiger partial charge in [0.2, 0.25) is 0 Å². The molecule has 1 aromatic carbocycles. The van der Waals surface area contributed by atoms with Crippen LogP contribution < -0.4 is 10.7 Å². The molecule has 0 radical (unpaired) electrons. The number of hydrogen-bond acceptors (Lipinski definition) is 14. The molecule has 0 fully saturated rings. The highest BCUT2D eigenvalue weighted by Crippen LogP contribution is 2.26. The zero-order valence-electron chi connectivity index (χ0n) is 19.1. The predicted octanol–water partition coefficient (Wildman–Crippen LogP) is 0.709. The molecule has 5 aromatic rings. The molecule has 0 bridgehead atoms. The molecule has 1 atom stereocenters. The van der Waals surface area contributed by atoms with Gasteiger partial charge in [0.15, 0.2) is 45.4 Å². The van der Waals surface area contributed by atoms with E-state index >= 15 is 0 Å². The molecule has 2 aliphatic rings. The first-order valence-corrected chi connectivity index (χ1v) is 11.1. The molecule has 5 heterocycles. The fourth-order valence-corrected chi connectivity index (χ4v) is 4.35. The fourth-order valence-electron chi connectivity index (χ4n) is 4.35. The van der Waals surface area contributed by atoms with Crippen molar-refractivity contribution in [2.75, 3.05) is 0 Å². The van der Waals surface area contributed by atoms with Gasteiger partial charge in [-0.15, -0.1) is 0 Å². The summed E-state index contributed by atoms with van der Waals surface area (Å²) in [6.07, 6.45) is 2.83. The summed E-state index contributed by atoms with van der Waals surface area (Å²) in [5.41, 5.74) is 0.176. The molecule has 39 heavy (non-hydrogen) atoms. The Labute approximate surface area is 214 Å². The van der Waals surface area contributed by atoms with E-state index in [4.69, 9.17) is 9.98 Å². The second kappa shape index (κ2) is 7.77. The van der Waals surface area contributed by atoms with E-state index in [1.165, 1.54) is 12.2 Å². The predicted molar refractivity (Wildman–Crippen MR) is 126 cm³/mol. The highest BCUT2D eigenvalue weighted by Gasteiger charge is 2.26. The number of hydrogen-bond donors (Lipinski definition) is 0. The molecule has 0 spiro atoms. The van der Waals surface area contributed by atoms with Crippen molar-refractivity contribution >= 4 is 44.7 Å². The number of aromatic nitrogens is 8. The highest BCUT2D eigenvalue weighted by molar-refractivity contribution is 6.03. The molecule has 7 rings (SSSR count). The maximum absolute atomic E-state index is 14.1. The molecule has 1 aliphatic heterocycles. The number of halogens is 1. The zero-order valence-corrected chi connectivity index (χ0v) is 19.1. The first kappa shape index (κ1) is 21.8. The summed E-state index contributed by atoms with van der Waals surface area (Å²) in [6, 6.07) is 6.62. The number of nitriles is 4. The number of nitrogens with zero attached hydrogens (tertiary/aromatic N) is 14. The van der Waals surface area contributed by atoms with Crippen LogP contribution in [0.4, 0.5) is 4.39 Å².